The second-order valence-electron chi connectivity index (χ2n) is 4.35. The highest BCUT2D eigenvalue weighted by molar-refractivity contribution is 7.91. The van der Waals surface area contributed by atoms with Crippen LogP contribution in [0.5, 0.6) is 0 Å². The Morgan fingerprint density at radius 2 is 2.19 bits per heavy atom. The summed E-state index contributed by atoms with van der Waals surface area (Å²) in [6.07, 6.45) is 4.07. The zero-order valence-corrected chi connectivity index (χ0v) is 10.9. The van der Waals surface area contributed by atoms with Gasteiger partial charge in [0, 0.05) is 13.2 Å². The Hall–Kier alpha value is -0.130. The molecule has 96 valence electrons. The third kappa shape index (κ3) is 5.82. The van der Waals surface area contributed by atoms with Gasteiger partial charge in [-0.3, -0.25) is 0 Å². The molecule has 1 fully saturated rings. The minimum atomic E-state index is -2.94. The van der Waals surface area contributed by atoms with E-state index in [-0.39, 0.29) is 17.6 Å². The van der Waals surface area contributed by atoms with Crippen molar-refractivity contribution >= 4 is 9.84 Å². The number of nitrogens with one attached hydrogen (secondary N) is 1. The first-order valence-electron chi connectivity index (χ1n) is 6.17. The summed E-state index contributed by atoms with van der Waals surface area (Å²) in [5, 5.41) is 3.15. The second-order valence-corrected chi connectivity index (χ2v) is 6.58. The van der Waals surface area contributed by atoms with Crippen molar-refractivity contribution < 1.29 is 13.2 Å². The molecule has 0 spiro atoms. The zero-order chi connectivity index (χ0) is 11.9. The Balaban J connectivity index is 2.13. The first-order chi connectivity index (χ1) is 7.64. The van der Waals surface area contributed by atoms with Crippen molar-refractivity contribution in [1.29, 1.82) is 0 Å². The largest absolute Gasteiger partial charge is 0.377 e. The molecule has 1 aliphatic rings. The molecule has 1 aliphatic heterocycles. The molecule has 1 unspecified atom stereocenters. The average molecular weight is 249 g/mol. The van der Waals surface area contributed by atoms with Crippen molar-refractivity contribution in [2.24, 2.45) is 0 Å². The van der Waals surface area contributed by atoms with Gasteiger partial charge in [-0.05, 0) is 25.8 Å². The zero-order valence-electron chi connectivity index (χ0n) is 10.1. The smallest absolute Gasteiger partial charge is 0.154 e. The van der Waals surface area contributed by atoms with Crippen molar-refractivity contribution in [1.82, 2.24) is 5.32 Å². The minimum absolute atomic E-state index is 0.0550. The molecule has 4 nitrogen and oxygen atoms in total. The van der Waals surface area contributed by atoms with Gasteiger partial charge < -0.3 is 10.1 Å². The Kier molecular flexibility index (Phi) is 6.31. The summed E-state index contributed by atoms with van der Waals surface area (Å²) >= 11 is 0. The van der Waals surface area contributed by atoms with E-state index in [2.05, 4.69) is 12.2 Å². The Labute approximate surface area is 98.7 Å². The molecule has 1 saturated heterocycles. The van der Waals surface area contributed by atoms with Crippen LogP contribution in [0.4, 0.5) is 0 Å². The van der Waals surface area contributed by atoms with E-state index in [0.717, 1.165) is 38.8 Å². The summed E-state index contributed by atoms with van der Waals surface area (Å²) in [4.78, 5) is 0. The second kappa shape index (κ2) is 7.25. The first-order valence-corrected chi connectivity index (χ1v) is 7.99. The summed E-state index contributed by atoms with van der Waals surface area (Å²) in [6, 6.07) is 0. The van der Waals surface area contributed by atoms with E-state index < -0.39 is 9.84 Å². The van der Waals surface area contributed by atoms with Crippen LogP contribution in [0.3, 0.4) is 0 Å². The highest BCUT2D eigenvalue weighted by atomic mass is 32.2. The summed E-state index contributed by atoms with van der Waals surface area (Å²) in [5.74, 6) is 0.430. The average Bonchev–Trinajstić information content (AvgIpc) is 2.69. The molecule has 0 aromatic heterocycles. The van der Waals surface area contributed by atoms with Gasteiger partial charge in [-0.15, -0.1) is 0 Å². The van der Waals surface area contributed by atoms with Crippen LogP contribution in [-0.2, 0) is 14.6 Å². The lowest BCUT2D eigenvalue weighted by molar-refractivity contribution is 0.127. The lowest BCUT2D eigenvalue weighted by Gasteiger charge is -2.10. The summed E-state index contributed by atoms with van der Waals surface area (Å²) < 4.78 is 28.7. The van der Waals surface area contributed by atoms with E-state index in [0.29, 0.717) is 6.54 Å². The van der Waals surface area contributed by atoms with Crippen LogP contribution in [0.2, 0.25) is 0 Å². The highest BCUT2D eigenvalue weighted by Gasteiger charge is 2.22. The van der Waals surface area contributed by atoms with Crippen LogP contribution in [0.15, 0.2) is 0 Å². The molecule has 1 heterocycles. The fourth-order valence-corrected chi connectivity index (χ4v) is 3.25. The van der Waals surface area contributed by atoms with Crippen LogP contribution in [0.25, 0.3) is 0 Å². The molecular formula is C11H23NO3S. The molecule has 0 aromatic rings. The molecule has 16 heavy (non-hydrogen) atoms. The molecule has 1 atom stereocenters. The third-order valence-electron chi connectivity index (χ3n) is 2.76. The molecular weight excluding hydrogens is 226 g/mol. The minimum Gasteiger partial charge on any atom is -0.377 e. The van der Waals surface area contributed by atoms with Crippen molar-refractivity contribution in [3.05, 3.63) is 0 Å². The lowest BCUT2D eigenvalue weighted by Crippen LogP contribution is -2.29. The van der Waals surface area contributed by atoms with Gasteiger partial charge in [-0.25, -0.2) is 8.42 Å². The van der Waals surface area contributed by atoms with Crippen LogP contribution >= 0.6 is 0 Å². The van der Waals surface area contributed by atoms with Crippen LogP contribution in [-0.4, -0.2) is 45.7 Å². The normalized spacial score (nSPS) is 21.4. The summed E-state index contributed by atoms with van der Waals surface area (Å²) in [5.41, 5.74) is 0. The molecule has 1 N–H and O–H groups in total. The number of rotatable bonds is 8. The van der Waals surface area contributed by atoms with E-state index in [1.807, 2.05) is 0 Å². The van der Waals surface area contributed by atoms with Crippen LogP contribution in [0, 0.1) is 0 Å². The summed E-state index contributed by atoms with van der Waals surface area (Å²) in [6.45, 7) is 4.31. The maximum atomic E-state index is 11.7. The topological polar surface area (TPSA) is 55.4 Å². The quantitative estimate of drug-likeness (QED) is 0.651. The maximum absolute atomic E-state index is 11.7. The first kappa shape index (κ1) is 13.9. The van der Waals surface area contributed by atoms with Gasteiger partial charge in [0.15, 0.2) is 9.84 Å². The van der Waals surface area contributed by atoms with E-state index in [1.54, 1.807) is 0 Å². The predicted octanol–water partition coefficient (Wildman–Crippen LogP) is 0.970. The highest BCUT2D eigenvalue weighted by Crippen LogP contribution is 2.13. The van der Waals surface area contributed by atoms with E-state index in [4.69, 9.17) is 4.74 Å². The fourth-order valence-electron chi connectivity index (χ4n) is 1.80. The monoisotopic (exact) mass is 249 g/mol. The van der Waals surface area contributed by atoms with Crippen molar-refractivity contribution in [3.63, 3.8) is 0 Å². The molecule has 0 saturated carbocycles. The van der Waals surface area contributed by atoms with Crippen molar-refractivity contribution in [2.45, 2.75) is 38.7 Å². The Bertz CT molecular complexity index is 271. The van der Waals surface area contributed by atoms with Gasteiger partial charge in [0.2, 0.25) is 0 Å². The molecule has 5 heteroatoms. The Morgan fingerprint density at radius 3 is 2.81 bits per heavy atom. The molecule has 0 radical (unpaired) electrons. The third-order valence-corrected chi connectivity index (χ3v) is 4.47. The number of ether oxygens (including phenoxy) is 1. The predicted molar refractivity (Wildman–Crippen MR) is 65.4 cm³/mol. The van der Waals surface area contributed by atoms with E-state index in [9.17, 15) is 8.42 Å². The fraction of sp³-hybridized carbons (Fsp3) is 1.00. The lowest BCUT2D eigenvalue weighted by atomic mass is 10.3. The number of hydrogen-bond donors (Lipinski definition) is 1. The number of sulfone groups is 1. The maximum Gasteiger partial charge on any atom is 0.154 e. The summed E-state index contributed by atoms with van der Waals surface area (Å²) in [7, 11) is -2.94. The van der Waals surface area contributed by atoms with Crippen molar-refractivity contribution in [2.75, 3.05) is 31.2 Å². The van der Waals surface area contributed by atoms with Gasteiger partial charge >= 0.3 is 0 Å². The van der Waals surface area contributed by atoms with Gasteiger partial charge in [0.1, 0.15) is 0 Å². The van der Waals surface area contributed by atoms with Gasteiger partial charge in [-0.1, -0.05) is 13.3 Å². The van der Waals surface area contributed by atoms with Gasteiger partial charge in [0.25, 0.3) is 0 Å². The number of hydrogen-bond acceptors (Lipinski definition) is 4. The van der Waals surface area contributed by atoms with Crippen LogP contribution in [0.1, 0.15) is 32.6 Å². The van der Waals surface area contributed by atoms with Gasteiger partial charge in [-0.2, -0.15) is 0 Å². The molecule has 1 rings (SSSR count). The van der Waals surface area contributed by atoms with Gasteiger partial charge in [0.05, 0.1) is 17.6 Å². The molecule has 0 aliphatic carbocycles. The molecule has 0 amide bonds. The Morgan fingerprint density at radius 1 is 1.38 bits per heavy atom. The molecule has 0 aromatic carbocycles. The van der Waals surface area contributed by atoms with E-state index in [1.165, 1.54) is 0 Å². The SMILES string of the molecule is CCCCNCCS(=O)(=O)CC1CCCO1. The van der Waals surface area contributed by atoms with Crippen molar-refractivity contribution in [3.8, 4) is 0 Å². The molecule has 0 bridgehead atoms. The standard InChI is InChI=1S/C11H23NO3S/c1-2-3-6-12-7-9-16(13,14)10-11-5-4-8-15-11/h11-12H,2-10H2,1H3. The van der Waals surface area contributed by atoms with E-state index >= 15 is 0 Å². The number of unbranched alkanes of at least 4 members (excludes halogenated alkanes) is 1. The van der Waals surface area contributed by atoms with Crippen LogP contribution < -0.4 is 5.32 Å².